The molecule has 0 fully saturated rings. The van der Waals surface area contributed by atoms with Crippen LogP contribution in [0.5, 0.6) is 0 Å². The summed E-state index contributed by atoms with van der Waals surface area (Å²) in [5, 5.41) is 8.27. The van der Waals surface area contributed by atoms with Gasteiger partial charge >= 0.3 is 0 Å². The summed E-state index contributed by atoms with van der Waals surface area (Å²) >= 11 is 6.23. The highest BCUT2D eigenvalue weighted by molar-refractivity contribution is 6.31. The molecule has 2 rings (SSSR count). The van der Waals surface area contributed by atoms with Gasteiger partial charge in [-0.2, -0.15) is 5.10 Å². The second-order valence-corrected chi connectivity index (χ2v) is 4.60. The van der Waals surface area contributed by atoms with Gasteiger partial charge in [-0.25, -0.2) is 0 Å². The minimum Gasteiger partial charge on any atom is -0.304 e. The van der Waals surface area contributed by atoms with E-state index in [1.165, 1.54) is 0 Å². The van der Waals surface area contributed by atoms with Crippen LogP contribution in [0.25, 0.3) is 0 Å². The summed E-state index contributed by atoms with van der Waals surface area (Å²) in [6.07, 6.45) is 3.47. The van der Waals surface area contributed by atoms with Crippen LogP contribution >= 0.6 is 11.6 Å². The van der Waals surface area contributed by atoms with Gasteiger partial charge in [0.05, 0.1) is 28.6 Å². The van der Waals surface area contributed by atoms with Gasteiger partial charge < -0.3 is 5.32 Å². The number of hydrogen-bond acceptors (Lipinski definition) is 3. The van der Waals surface area contributed by atoms with Crippen LogP contribution in [0.1, 0.15) is 29.9 Å². The molecule has 2 aromatic heterocycles. The van der Waals surface area contributed by atoms with E-state index in [0.717, 1.165) is 23.5 Å². The van der Waals surface area contributed by atoms with Crippen molar-refractivity contribution >= 4 is 11.6 Å². The molecule has 0 amide bonds. The van der Waals surface area contributed by atoms with Crippen molar-refractivity contribution in [3.63, 3.8) is 0 Å². The number of aromatic nitrogens is 3. The number of hydrogen-bond donors (Lipinski definition) is 1. The summed E-state index contributed by atoms with van der Waals surface area (Å²) in [7, 11) is 1.89. The zero-order valence-electron chi connectivity index (χ0n) is 10.8. The van der Waals surface area contributed by atoms with Crippen LogP contribution in [0.3, 0.4) is 0 Å². The van der Waals surface area contributed by atoms with Crippen molar-refractivity contribution in [3.05, 3.63) is 46.5 Å². The van der Waals surface area contributed by atoms with Gasteiger partial charge in [0.2, 0.25) is 0 Å². The Morgan fingerprint density at radius 2 is 2.28 bits per heavy atom. The molecule has 0 aliphatic heterocycles. The fraction of sp³-hybridized carbons (Fsp3) is 0.385. The Hall–Kier alpha value is -1.39. The van der Waals surface area contributed by atoms with Crippen molar-refractivity contribution < 1.29 is 0 Å². The molecule has 0 aromatic carbocycles. The lowest BCUT2D eigenvalue weighted by molar-refractivity contribution is 0.559. The Kier molecular flexibility index (Phi) is 3.99. The number of pyridine rings is 1. The van der Waals surface area contributed by atoms with Gasteiger partial charge in [-0.15, -0.1) is 0 Å². The Balaban J connectivity index is 2.50. The molecule has 0 saturated heterocycles. The second-order valence-electron chi connectivity index (χ2n) is 4.20. The van der Waals surface area contributed by atoms with Crippen molar-refractivity contribution in [1.82, 2.24) is 20.1 Å². The average Bonchev–Trinajstić information content (AvgIpc) is 2.68. The minimum absolute atomic E-state index is 0.0313. The molecule has 4 nitrogen and oxygen atoms in total. The predicted molar refractivity (Wildman–Crippen MR) is 72.7 cm³/mol. The highest BCUT2D eigenvalue weighted by Crippen LogP contribution is 2.28. The smallest absolute Gasteiger partial charge is 0.0939 e. The molecule has 1 atom stereocenters. The number of nitrogens with zero attached hydrogens (tertiary/aromatic N) is 3. The topological polar surface area (TPSA) is 42.7 Å². The molecular formula is C13H17ClN4. The van der Waals surface area contributed by atoms with E-state index in [-0.39, 0.29) is 6.04 Å². The number of nitrogens with one attached hydrogen (secondary N) is 1. The molecule has 0 spiro atoms. The molecule has 96 valence electrons. The van der Waals surface area contributed by atoms with E-state index < -0.39 is 0 Å². The lowest BCUT2D eigenvalue weighted by Crippen LogP contribution is -2.26. The lowest BCUT2D eigenvalue weighted by atomic mass is 10.0. The highest BCUT2D eigenvalue weighted by Gasteiger charge is 2.22. The number of halogens is 1. The molecule has 1 unspecified atom stereocenters. The van der Waals surface area contributed by atoms with Gasteiger partial charge in [0.25, 0.3) is 0 Å². The third kappa shape index (κ3) is 2.40. The first-order valence-corrected chi connectivity index (χ1v) is 6.35. The Morgan fingerprint density at radius 3 is 2.83 bits per heavy atom. The van der Waals surface area contributed by atoms with Gasteiger partial charge in [-0.05, 0) is 25.1 Å². The van der Waals surface area contributed by atoms with Crippen molar-refractivity contribution in [2.75, 3.05) is 6.54 Å². The van der Waals surface area contributed by atoms with E-state index in [1.54, 1.807) is 17.1 Å². The van der Waals surface area contributed by atoms with Crippen LogP contribution < -0.4 is 5.32 Å². The van der Waals surface area contributed by atoms with E-state index in [2.05, 4.69) is 35.3 Å². The van der Waals surface area contributed by atoms with Crippen molar-refractivity contribution in [2.24, 2.45) is 7.05 Å². The summed E-state index contributed by atoms with van der Waals surface area (Å²) in [4.78, 5) is 4.47. The van der Waals surface area contributed by atoms with Crippen molar-refractivity contribution in [3.8, 4) is 0 Å². The molecule has 2 heterocycles. The maximum Gasteiger partial charge on any atom is 0.0939 e. The molecule has 0 aliphatic carbocycles. The lowest BCUT2D eigenvalue weighted by Gasteiger charge is -2.20. The van der Waals surface area contributed by atoms with Gasteiger partial charge in [0, 0.05) is 13.2 Å². The summed E-state index contributed by atoms with van der Waals surface area (Å²) in [6, 6.07) is 3.96. The van der Waals surface area contributed by atoms with E-state index in [9.17, 15) is 0 Å². The predicted octanol–water partition coefficient (Wildman–Crippen LogP) is 2.48. The summed E-state index contributed by atoms with van der Waals surface area (Å²) in [5.74, 6) is 0. The Bertz CT molecular complexity index is 516. The van der Waals surface area contributed by atoms with E-state index in [4.69, 9.17) is 11.6 Å². The molecule has 0 radical (unpaired) electrons. The molecule has 18 heavy (non-hydrogen) atoms. The normalized spacial score (nSPS) is 12.7. The van der Waals surface area contributed by atoms with Crippen LogP contribution in [-0.2, 0) is 7.05 Å². The molecule has 0 saturated carbocycles. The maximum atomic E-state index is 6.23. The van der Waals surface area contributed by atoms with Crippen molar-refractivity contribution in [1.29, 1.82) is 0 Å². The molecule has 1 N–H and O–H groups in total. The Labute approximate surface area is 112 Å². The zero-order valence-corrected chi connectivity index (χ0v) is 11.6. The standard InChI is InChI=1S/C13H17ClN4/c1-4-15-12(11-9(2)6-5-7-16-11)13-10(14)8-17-18(13)3/h5-8,12,15H,4H2,1-3H3. The molecule has 0 bridgehead atoms. The zero-order chi connectivity index (χ0) is 13.1. The van der Waals surface area contributed by atoms with Crippen LogP contribution in [0.15, 0.2) is 24.5 Å². The number of rotatable bonds is 4. The molecule has 5 heteroatoms. The SMILES string of the molecule is CCNC(c1ncccc1C)c1c(Cl)cnn1C. The first-order valence-electron chi connectivity index (χ1n) is 5.97. The quantitative estimate of drug-likeness (QED) is 0.923. The maximum absolute atomic E-state index is 6.23. The van der Waals surface area contributed by atoms with Crippen LogP contribution in [0.4, 0.5) is 0 Å². The van der Waals surface area contributed by atoms with Crippen LogP contribution in [-0.4, -0.2) is 21.3 Å². The fourth-order valence-corrected chi connectivity index (χ4v) is 2.35. The van der Waals surface area contributed by atoms with Gasteiger partial charge in [0.15, 0.2) is 0 Å². The molecule has 2 aromatic rings. The van der Waals surface area contributed by atoms with Gasteiger partial charge in [0.1, 0.15) is 0 Å². The minimum atomic E-state index is -0.0313. The first-order chi connectivity index (χ1) is 8.65. The van der Waals surface area contributed by atoms with Crippen LogP contribution in [0.2, 0.25) is 5.02 Å². The third-order valence-electron chi connectivity index (χ3n) is 2.94. The van der Waals surface area contributed by atoms with E-state index >= 15 is 0 Å². The Morgan fingerprint density at radius 1 is 1.50 bits per heavy atom. The average molecular weight is 265 g/mol. The van der Waals surface area contributed by atoms with Crippen LogP contribution in [0, 0.1) is 6.92 Å². The van der Waals surface area contributed by atoms with E-state index in [0.29, 0.717) is 5.02 Å². The van der Waals surface area contributed by atoms with Crippen molar-refractivity contribution in [2.45, 2.75) is 19.9 Å². The first kappa shape index (κ1) is 13.1. The van der Waals surface area contributed by atoms with E-state index in [1.807, 2.05) is 13.1 Å². The number of aryl methyl sites for hydroxylation is 2. The summed E-state index contributed by atoms with van der Waals surface area (Å²) in [5.41, 5.74) is 3.07. The largest absolute Gasteiger partial charge is 0.304 e. The fourth-order valence-electron chi connectivity index (χ4n) is 2.07. The molecular weight excluding hydrogens is 248 g/mol. The third-order valence-corrected chi connectivity index (χ3v) is 3.23. The second kappa shape index (κ2) is 5.50. The summed E-state index contributed by atoms with van der Waals surface area (Å²) < 4.78 is 1.80. The van der Waals surface area contributed by atoms with Gasteiger partial charge in [-0.1, -0.05) is 24.6 Å². The summed E-state index contributed by atoms with van der Waals surface area (Å²) in [6.45, 7) is 4.95. The molecule has 0 aliphatic rings. The monoisotopic (exact) mass is 264 g/mol. The van der Waals surface area contributed by atoms with Gasteiger partial charge in [-0.3, -0.25) is 9.67 Å². The highest BCUT2D eigenvalue weighted by atomic mass is 35.5.